The van der Waals surface area contributed by atoms with Gasteiger partial charge < -0.3 is 10.6 Å². The van der Waals surface area contributed by atoms with Crippen molar-refractivity contribution in [3.63, 3.8) is 0 Å². The second-order valence-corrected chi connectivity index (χ2v) is 5.46. The molecule has 19 heavy (non-hydrogen) atoms. The van der Waals surface area contributed by atoms with E-state index in [1.165, 1.54) is 12.0 Å². The largest absolute Gasteiger partial charge is 0.315 e. The van der Waals surface area contributed by atoms with Crippen molar-refractivity contribution in [1.29, 1.82) is 0 Å². The Morgan fingerprint density at radius 2 is 2.21 bits per heavy atom. The molecule has 0 amide bonds. The van der Waals surface area contributed by atoms with Gasteiger partial charge in [-0.1, -0.05) is 12.1 Å². The van der Waals surface area contributed by atoms with Crippen LogP contribution in [0, 0.1) is 0 Å². The van der Waals surface area contributed by atoms with Crippen molar-refractivity contribution < 1.29 is 0 Å². The Hall–Kier alpha value is -1.65. The third-order valence-corrected chi connectivity index (χ3v) is 3.79. The molecule has 4 nitrogen and oxygen atoms in total. The molecular weight excluding hydrogens is 236 g/mol. The van der Waals surface area contributed by atoms with E-state index in [0.29, 0.717) is 0 Å². The van der Waals surface area contributed by atoms with Crippen LogP contribution in [0.2, 0.25) is 0 Å². The third-order valence-electron chi connectivity index (χ3n) is 3.79. The van der Waals surface area contributed by atoms with E-state index in [1.807, 2.05) is 16.9 Å². The summed E-state index contributed by atoms with van der Waals surface area (Å²) in [4.78, 5) is 0. The van der Waals surface area contributed by atoms with Crippen LogP contribution in [-0.2, 0) is 6.54 Å². The number of hydrogen-bond donors (Lipinski definition) is 2. The molecular formula is C15H20N4. The van der Waals surface area contributed by atoms with Gasteiger partial charge in [0.15, 0.2) is 0 Å². The molecule has 1 fully saturated rings. The first-order chi connectivity index (χ1) is 9.25. The van der Waals surface area contributed by atoms with Crippen LogP contribution >= 0.6 is 0 Å². The molecule has 100 valence electrons. The van der Waals surface area contributed by atoms with E-state index in [1.54, 1.807) is 6.20 Å². The SMILES string of the molecule is CC1(NCc2ccc(-n3cccn3)cc2)CCNC1. The van der Waals surface area contributed by atoms with E-state index in [-0.39, 0.29) is 5.54 Å². The minimum Gasteiger partial charge on any atom is -0.315 e. The third kappa shape index (κ3) is 2.85. The van der Waals surface area contributed by atoms with E-state index < -0.39 is 0 Å². The zero-order chi connectivity index (χ0) is 13.1. The van der Waals surface area contributed by atoms with Crippen molar-refractivity contribution in [3.05, 3.63) is 48.3 Å². The van der Waals surface area contributed by atoms with Gasteiger partial charge in [-0.15, -0.1) is 0 Å². The van der Waals surface area contributed by atoms with Gasteiger partial charge in [-0.3, -0.25) is 0 Å². The van der Waals surface area contributed by atoms with Crippen LogP contribution in [-0.4, -0.2) is 28.4 Å². The minimum absolute atomic E-state index is 0.237. The van der Waals surface area contributed by atoms with Gasteiger partial charge in [-0.25, -0.2) is 4.68 Å². The number of hydrogen-bond acceptors (Lipinski definition) is 3. The van der Waals surface area contributed by atoms with E-state index in [2.05, 4.69) is 46.9 Å². The molecule has 1 aromatic heterocycles. The van der Waals surface area contributed by atoms with E-state index in [0.717, 1.165) is 25.3 Å². The van der Waals surface area contributed by atoms with Crippen LogP contribution in [0.4, 0.5) is 0 Å². The van der Waals surface area contributed by atoms with Crippen molar-refractivity contribution in [3.8, 4) is 5.69 Å². The normalized spacial score (nSPS) is 22.8. The van der Waals surface area contributed by atoms with Crippen LogP contribution in [0.25, 0.3) is 5.69 Å². The highest BCUT2D eigenvalue weighted by molar-refractivity contribution is 5.33. The molecule has 1 atom stereocenters. The fourth-order valence-corrected chi connectivity index (χ4v) is 2.47. The van der Waals surface area contributed by atoms with Gasteiger partial charge in [-0.2, -0.15) is 5.10 Å². The Kier molecular flexibility index (Phi) is 3.36. The Balaban J connectivity index is 1.63. The molecule has 1 aliphatic rings. The summed E-state index contributed by atoms with van der Waals surface area (Å²) in [5.74, 6) is 0. The van der Waals surface area contributed by atoms with Gasteiger partial charge in [0.1, 0.15) is 0 Å². The molecule has 1 aromatic carbocycles. The van der Waals surface area contributed by atoms with Crippen LogP contribution in [0.15, 0.2) is 42.7 Å². The molecule has 1 saturated heterocycles. The maximum absolute atomic E-state index is 4.23. The fourth-order valence-electron chi connectivity index (χ4n) is 2.47. The number of rotatable bonds is 4. The van der Waals surface area contributed by atoms with Crippen LogP contribution in [0.3, 0.4) is 0 Å². The standard InChI is InChI=1S/C15H20N4/c1-15(7-9-16-12-15)17-11-13-3-5-14(6-4-13)19-10-2-8-18-19/h2-6,8,10,16-17H,7,9,11-12H2,1H3. The molecule has 1 aliphatic heterocycles. The Morgan fingerprint density at radius 3 is 2.84 bits per heavy atom. The predicted octanol–water partition coefficient (Wildman–Crippen LogP) is 1.71. The second kappa shape index (κ2) is 5.15. The topological polar surface area (TPSA) is 41.9 Å². The molecule has 0 aliphatic carbocycles. The molecule has 0 bridgehead atoms. The first-order valence-electron chi connectivity index (χ1n) is 6.80. The van der Waals surface area contributed by atoms with Gasteiger partial charge >= 0.3 is 0 Å². The summed E-state index contributed by atoms with van der Waals surface area (Å²) in [6.07, 6.45) is 4.94. The highest BCUT2D eigenvalue weighted by Crippen LogP contribution is 2.15. The molecule has 2 heterocycles. The summed E-state index contributed by atoms with van der Waals surface area (Å²) in [5, 5.41) is 11.3. The molecule has 0 radical (unpaired) electrons. The zero-order valence-corrected chi connectivity index (χ0v) is 11.3. The first kappa shape index (κ1) is 12.4. The fraction of sp³-hybridized carbons (Fsp3) is 0.400. The Bertz CT molecular complexity index is 510. The molecule has 2 N–H and O–H groups in total. The van der Waals surface area contributed by atoms with Crippen molar-refractivity contribution in [2.24, 2.45) is 0 Å². The van der Waals surface area contributed by atoms with Gasteiger partial charge in [0.25, 0.3) is 0 Å². The average Bonchev–Trinajstić information content (AvgIpc) is 3.09. The van der Waals surface area contributed by atoms with E-state index in [4.69, 9.17) is 0 Å². The van der Waals surface area contributed by atoms with Gasteiger partial charge in [-0.05, 0) is 43.7 Å². The zero-order valence-electron chi connectivity index (χ0n) is 11.3. The van der Waals surface area contributed by atoms with E-state index >= 15 is 0 Å². The quantitative estimate of drug-likeness (QED) is 0.875. The lowest BCUT2D eigenvalue weighted by molar-refractivity contribution is 0.386. The Labute approximate surface area is 113 Å². The number of benzene rings is 1. The van der Waals surface area contributed by atoms with E-state index in [9.17, 15) is 0 Å². The molecule has 1 unspecified atom stereocenters. The molecule has 3 rings (SSSR count). The summed E-state index contributed by atoms with van der Waals surface area (Å²) < 4.78 is 1.87. The van der Waals surface area contributed by atoms with Crippen molar-refractivity contribution in [2.45, 2.75) is 25.4 Å². The summed E-state index contributed by atoms with van der Waals surface area (Å²) in [6.45, 7) is 5.36. The number of aromatic nitrogens is 2. The van der Waals surface area contributed by atoms with Crippen LogP contribution < -0.4 is 10.6 Å². The molecule has 0 spiro atoms. The van der Waals surface area contributed by atoms with Gasteiger partial charge in [0.2, 0.25) is 0 Å². The summed E-state index contributed by atoms with van der Waals surface area (Å²) in [5.41, 5.74) is 2.65. The minimum atomic E-state index is 0.237. The number of nitrogens with zero attached hydrogens (tertiary/aromatic N) is 2. The smallest absolute Gasteiger partial charge is 0.0645 e. The molecule has 2 aromatic rings. The summed E-state index contributed by atoms with van der Waals surface area (Å²) >= 11 is 0. The van der Waals surface area contributed by atoms with Gasteiger partial charge in [0, 0.05) is 31.0 Å². The van der Waals surface area contributed by atoms with Crippen molar-refractivity contribution >= 4 is 0 Å². The number of nitrogens with one attached hydrogen (secondary N) is 2. The van der Waals surface area contributed by atoms with Crippen molar-refractivity contribution in [2.75, 3.05) is 13.1 Å². The van der Waals surface area contributed by atoms with Crippen LogP contribution in [0.1, 0.15) is 18.9 Å². The maximum atomic E-state index is 4.23. The van der Waals surface area contributed by atoms with Crippen LogP contribution in [0.5, 0.6) is 0 Å². The monoisotopic (exact) mass is 256 g/mol. The van der Waals surface area contributed by atoms with Gasteiger partial charge in [0.05, 0.1) is 5.69 Å². The molecule has 4 heteroatoms. The predicted molar refractivity (Wildman–Crippen MR) is 76.3 cm³/mol. The highest BCUT2D eigenvalue weighted by Gasteiger charge is 2.27. The lowest BCUT2D eigenvalue weighted by atomic mass is 10.0. The highest BCUT2D eigenvalue weighted by atomic mass is 15.3. The lowest BCUT2D eigenvalue weighted by Crippen LogP contribution is -2.43. The lowest BCUT2D eigenvalue weighted by Gasteiger charge is -2.24. The maximum Gasteiger partial charge on any atom is 0.0645 e. The summed E-state index contributed by atoms with van der Waals surface area (Å²) in [6, 6.07) is 10.5. The first-order valence-corrected chi connectivity index (χ1v) is 6.80. The summed E-state index contributed by atoms with van der Waals surface area (Å²) in [7, 11) is 0. The Morgan fingerprint density at radius 1 is 1.37 bits per heavy atom. The van der Waals surface area contributed by atoms with Crippen molar-refractivity contribution in [1.82, 2.24) is 20.4 Å². The second-order valence-electron chi connectivity index (χ2n) is 5.46. The molecule has 0 saturated carbocycles. The average molecular weight is 256 g/mol.